The van der Waals surface area contributed by atoms with Crippen LogP contribution < -0.4 is 15.5 Å². The van der Waals surface area contributed by atoms with E-state index in [1.54, 1.807) is 6.20 Å². The van der Waals surface area contributed by atoms with E-state index < -0.39 is 0 Å². The van der Waals surface area contributed by atoms with E-state index in [0.29, 0.717) is 23.7 Å². The number of anilines is 1. The molecule has 4 rings (SSSR count). The van der Waals surface area contributed by atoms with Crippen LogP contribution in [0.4, 0.5) is 5.82 Å². The van der Waals surface area contributed by atoms with Crippen LogP contribution in [0.5, 0.6) is 0 Å². The molecule has 0 spiro atoms. The Kier molecular flexibility index (Phi) is 4.69. The molecule has 0 aliphatic carbocycles. The molecule has 0 radical (unpaired) electrons. The Labute approximate surface area is 144 Å². The predicted molar refractivity (Wildman–Crippen MR) is 95.4 cm³/mol. The number of pyridine rings is 1. The van der Waals surface area contributed by atoms with Gasteiger partial charge in [-0.2, -0.15) is 0 Å². The van der Waals surface area contributed by atoms with Gasteiger partial charge in [0.15, 0.2) is 0 Å². The minimum atomic E-state index is 0.0243. The van der Waals surface area contributed by atoms with Crippen molar-refractivity contribution in [2.45, 2.75) is 69.5 Å². The average molecular weight is 328 g/mol. The lowest BCUT2D eigenvalue weighted by Crippen LogP contribution is -2.48. The standard InChI is InChI=1S/C19H28N4O/c24-19(22-17-11-15-6-7-16(12-17)21-15)14-5-8-18(20-13-14)23-9-3-1-2-4-10-23/h5,8,13,15-17,21H,1-4,6-7,9-12H2,(H,22,24). The first-order valence-corrected chi connectivity index (χ1v) is 9.56. The van der Waals surface area contributed by atoms with Crippen LogP contribution in [-0.4, -0.2) is 42.1 Å². The largest absolute Gasteiger partial charge is 0.357 e. The molecule has 0 saturated carbocycles. The van der Waals surface area contributed by atoms with Gasteiger partial charge in [-0.3, -0.25) is 4.79 Å². The van der Waals surface area contributed by atoms with Crippen LogP contribution in [0.25, 0.3) is 0 Å². The fraction of sp³-hybridized carbons (Fsp3) is 0.684. The minimum Gasteiger partial charge on any atom is -0.357 e. The average Bonchev–Trinajstić information content (AvgIpc) is 2.81. The summed E-state index contributed by atoms with van der Waals surface area (Å²) < 4.78 is 0. The predicted octanol–water partition coefficient (Wildman–Crippen LogP) is 2.47. The molecule has 0 aromatic carbocycles. The Balaban J connectivity index is 1.36. The summed E-state index contributed by atoms with van der Waals surface area (Å²) in [7, 11) is 0. The number of amides is 1. The third-order valence-electron chi connectivity index (χ3n) is 5.75. The number of nitrogens with one attached hydrogen (secondary N) is 2. The Morgan fingerprint density at radius 2 is 1.79 bits per heavy atom. The van der Waals surface area contributed by atoms with Crippen molar-refractivity contribution >= 4 is 11.7 Å². The number of rotatable bonds is 3. The van der Waals surface area contributed by atoms with Crippen LogP contribution in [0.3, 0.4) is 0 Å². The van der Waals surface area contributed by atoms with Crippen LogP contribution in [0, 0.1) is 0 Å². The molecule has 3 fully saturated rings. The topological polar surface area (TPSA) is 57.3 Å². The number of carbonyl (C=O) groups excluding carboxylic acids is 1. The van der Waals surface area contributed by atoms with Crippen molar-refractivity contribution in [3.05, 3.63) is 23.9 Å². The molecule has 1 aromatic heterocycles. The first-order valence-electron chi connectivity index (χ1n) is 9.56. The molecule has 2 unspecified atom stereocenters. The molecule has 3 aliphatic heterocycles. The second kappa shape index (κ2) is 7.09. The second-order valence-corrected chi connectivity index (χ2v) is 7.59. The van der Waals surface area contributed by atoms with Crippen molar-refractivity contribution in [3.63, 3.8) is 0 Å². The minimum absolute atomic E-state index is 0.0243. The maximum absolute atomic E-state index is 12.5. The zero-order valence-corrected chi connectivity index (χ0v) is 14.3. The maximum atomic E-state index is 12.5. The summed E-state index contributed by atoms with van der Waals surface area (Å²) in [6.07, 6.45) is 11.5. The normalized spacial score (nSPS) is 30.0. The highest BCUT2D eigenvalue weighted by Gasteiger charge is 2.34. The van der Waals surface area contributed by atoms with Gasteiger partial charge < -0.3 is 15.5 Å². The Bertz CT molecular complexity index is 553. The van der Waals surface area contributed by atoms with Crippen LogP contribution in [0.1, 0.15) is 61.7 Å². The summed E-state index contributed by atoms with van der Waals surface area (Å²) in [5, 5.41) is 6.83. The molecule has 5 nitrogen and oxygen atoms in total. The van der Waals surface area contributed by atoms with Gasteiger partial charge in [-0.1, -0.05) is 12.8 Å². The number of nitrogens with zero attached hydrogens (tertiary/aromatic N) is 2. The smallest absolute Gasteiger partial charge is 0.253 e. The highest BCUT2D eigenvalue weighted by Crippen LogP contribution is 2.27. The Morgan fingerprint density at radius 1 is 1.08 bits per heavy atom. The van der Waals surface area contributed by atoms with E-state index in [-0.39, 0.29) is 5.91 Å². The molecule has 2 atom stereocenters. The van der Waals surface area contributed by atoms with Crippen molar-refractivity contribution in [1.82, 2.24) is 15.6 Å². The summed E-state index contributed by atoms with van der Waals surface area (Å²) in [5.74, 6) is 1.03. The van der Waals surface area contributed by atoms with E-state index in [1.807, 2.05) is 12.1 Å². The van der Waals surface area contributed by atoms with Crippen LogP contribution in [0.15, 0.2) is 18.3 Å². The number of hydrogen-bond acceptors (Lipinski definition) is 4. The van der Waals surface area contributed by atoms with Gasteiger partial charge >= 0.3 is 0 Å². The summed E-state index contributed by atoms with van der Waals surface area (Å²) in [5.41, 5.74) is 0.680. The lowest BCUT2D eigenvalue weighted by atomic mass is 9.99. The molecule has 2 N–H and O–H groups in total. The number of fused-ring (bicyclic) bond motifs is 2. The van der Waals surface area contributed by atoms with E-state index in [1.165, 1.54) is 38.5 Å². The molecule has 2 bridgehead atoms. The van der Waals surface area contributed by atoms with Crippen molar-refractivity contribution < 1.29 is 4.79 Å². The quantitative estimate of drug-likeness (QED) is 0.895. The van der Waals surface area contributed by atoms with Crippen molar-refractivity contribution in [2.24, 2.45) is 0 Å². The van der Waals surface area contributed by atoms with E-state index in [2.05, 4.69) is 20.5 Å². The summed E-state index contributed by atoms with van der Waals surface area (Å²) in [4.78, 5) is 19.4. The second-order valence-electron chi connectivity index (χ2n) is 7.59. The summed E-state index contributed by atoms with van der Waals surface area (Å²) >= 11 is 0. The Morgan fingerprint density at radius 3 is 2.42 bits per heavy atom. The fourth-order valence-electron chi connectivity index (χ4n) is 4.45. The van der Waals surface area contributed by atoms with Gasteiger partial charge in [-0.25, -0.2) is 4.98 Å². The zero-order chi connectivity index (χ0) is 16.4. The zero-order valence-electron chi connectivity index (χ0n) is 14.3. The molecular weight excluding hydrogens is 300 g/mol. The maximum Gasteiger partial charge on any atom is 0.253 e. The molecular formula is C19H28N4O. The number of piperidine rings is 1. The SMILES string of the molecule is O=C(NC1CC2CCC(C1)N2)c1ccc(N2CCCCCC2)nc1. The molecule has 1 aromatic rings. The third kappa shape index (κ3) is 3.56. The van der Waals surface area contributed by atoms with Gasteiger partial charge in [0, 0.05) is 37.4 Å². The fourth-order valence-corrected chi connectivity index (χ4v) is 4.45. The van der Waals surface area contributed by atoms with Crippen molar-refractivity contribution in [2.75, 3.05) is 18.0 Å². The summed E-state index contributed by atoms with van der Waals surface area (Å²) in [6, 6.07) is 5.43. The number of carbonyl (C=O) groups is 1. The molecule has 1 amide bonds. The monoisotopic (exact) mass is 328 g/mol. The van der Waals surface area contributed by atoms with Gasteiger partial charge in [0.25, 0.3) is 5.91 Å². The first kappa shape index (κ1) is 15.9. The lowest BCUT2D eigenvalue weighted by molar-refractivity contribution is 0.0923. The van der Waals surface area contributed by atoms with E-state index in [9.17, 15) is 4.79 Å². The molecule has 130 valence electrons. The van der Waals surface area contributed by atoms with Crippen molar-refractivity contribution in [3.8, 4) is 0 Å². The van der Waals surface area contributed by atoms with Crippen LogP contribution in [-0.2, 0) is 0 Å². The van der Waals surface area contributed by atoms with Crippen LogP contribution >= 0.6 is 0 Å². The van der Waals surface area contributed by atoms with Crippen molar-refractivity contribution in [1.29, 1.82) is 0 Å². The Hall–Kier alpha value is -1.62. The van der Waals surface area contributed by atoms with E-state index in [4.69, 9.17) is 0 Å². The molecule has 3 aliphatic rings. The van der Waals surface area contributed by atoms with E-state index in [0.717, 1.165) is 31.7 Å². The van der Waals surface area contributed by atoms with Crippen LogP contribution in [0.2, 0.25) is 0 Å². The highest BCUT2D eigenvalue weighted by molar-refractivity contribution is 5.94. The molecule has 4 heterocycles. The van der Waals surface area contributed by atoms with Gasteiger partial charge in [0.2, 0.25) is 0 Å². The lowest BCUT2D eigenvalue weighted by Gasteiger charge is -2.29. The highest BCUT2D eigenvalue weighted by atomic mass is 16.1. The summed E-state index contributed by atoms with van der Waals surface area (Å²) in [6.45, 7) is 2.16. The van der Waals surface area contributed by atoms with Gasteiger partial charge in [-0.15, -0.1) is 0 Å². The number of hydrogen-bond donors (Lipinski definition) is 2. The number of aromatic nitrogens is 1. The molecule has 24 heavy (non-hydrogen) atoms. The van der Waals surface area contributed by atoms with Gasteiger partial charge in [-0.05, 0) is 50.7 Å². The third-order valence-corrected chi connectivity index (χ3v) is 5.75. The molecule has 3 saturated heterocycles. The first-order chi connectivity index (χ1) is 11.8. The van der Waals surface area contributed by atoms with Gasteiger partial charge in [0.05, 0.1) is 5.56 Å². The molecule has 5 heteroatoms. The van der Waals surface area contributed by atoms with E-state index >= 15 is 0 Å². The van der Waals surface area contributed by atoms with Gasteiger partial charge in [0.1, 0.15) is 5.82 Å².